The Kier molecular flexibility index (Phi) is 5.77. The summed E-state index contributed by atoms with van der Waals surface area (Å²) in [5.41, 5.74) is 6.39. The molecule has 0 aliphatic rings. The van der Waals surface area contributed by atoms with Gasteiger partial charge < -0.3 is 10.8 Å². The Hall–Kier alpha value is -1.43. The predicted octanol–water partition coefficient (Wildman–Crippen LogP) is 0.738. The van der Waals surface area contributed by atoms with Crippen LogP contribution in [0.3, 0.4) is 0 Å². The standard InChI is InChI=1S/C12H22N4O2/c1-9(2)5-6-10-11(12(13)18)14-15-16(10)7-3-4-8-17/h9,17H,3-8H2,1-2H3,(H2,13,18). The highest BCUT2D eigenvalue weighted by molar-refractivity contribution is 5.91. The van der Waals surface area contributed by atoms with E-state index in [1.807, 2.05) is 0 Å². The molecule has 0 aliphatic carbocycles. The van der Waals surface area contributed by atoms with Crippen molar-refractivity contribution in [2.45, 2.75) is 46.1 Å². The Labute approximate surface area is 107 Å². The Morgan fingerprint density at radius 1 is 1.44 bits per heavy atom. The smallest absolute Gasteiger partial charge is 0.271 e. The summed E-state index contributed by atoms with van der Waals surface area (Å²) >= 11 is 0. The lowest BCUT2D eigenvalue weighted by molar-refractivity contribution is 0.0994. The second-order valence-electron chi connectivity index (χ2n) is 4.84. The molecule has 0 bridgehead atoms. The van der Waals surface area contributed by atoms with E-state index in [1.54, 1.807) is 4.68 Å². The quantitative estimate of drug-likeness (QED) is 0.669. The molecule has 0 saturated heterocycles. The molecule has 1 aromatic heterocycles. The van der Waals surface area contributed by atoms with Gasteiger partial charge in [-0.3, -0.25) is 4.79 Å². The Balaban J connectivity index is 2.78. The average molecular weight is 254 g/mol. The second kappa shape index (κ2) is 7.10. The van der Waals surface area contributed by atoms with E-state index in [-0.39, 0.29) is 12.3 Å². The van der Waals surface area contributed by atoms with Crippen molar-refractivity contribution in [1.82, 2.24) is 15.0 Å². The second-order valence-corrected chi connectivity index (χ2v) is 4.84. The zero-order valence-corrected chi connectivity index (χ0v) is 11.1. The number of unbranched alkanes of at least 4 members (excludes halogenated alkanes) is 1. The number of aliphatic hydroxyl groups excluding tert-OH is 1. The molecule has 0 radical (unpaired) electrons. The first-order valence-corrected chi connectivity index (χ1v) is 6.39. The summed E-state index contributed by atoms with van der Waals surface area (Å²) in [6, 6.07) is 0. The van der Waals surface area contributed by atoms with Crippen molar-refractivity contribution in [3.05, 3.63) is 11.4 Å². The van der Waals surface area contributed by atoms with Crippen LogP contribution in [0.5, 0.6) is 0 Å². The minimum absolute atomic E-state index is 0.165. The molecule has 0 aliphatic heterocycles. The van der Waals surface area contributed by atoms with Gasteiger partial charge in [-0.15, -0.1) is 5.10 Å². The van der Waals surface area contributed by atoms with Gasteiger partial charge in [0.2, 0.25) is 0 Å². The zero-order chi connectivity index (χ0) is 13.5. The summed E-state index contributed by atoms with van der Waals surface area (Å²) in [6.07, 6.45) is 3.25. The van der Waals surface area contributed by atoms with Crippen LogP contribution in [-0.2, 0) is 13.0 Å². The maximum absolute atomic E-state index is 11.3. The molecule has 0 saturated carbocycles. The molecule has 18 heavy (non-hydrogen) atoms. The SMILES string of the molecule is CC(C)CCc1c(C(N)=O)nnn1CCCCO. The van der Waals surface area contributed by atoms with Gasteiger partial charge in [0.05, 0.1) is 5.69 Å². The van der Waals surface area contributed by atoms with Gasteiger partial charge in [0.25, 0.3) is 5.91 Å². The third kappa shape index (κ3) is 4.10. The molecule has 0 aromatic carbocycles. The van der Waals surface area contributed by atoms with Crippen LogP contribution in [0.4, 0.5) is 0 Å². The van der Waals surface area contributed by atoms with Crippen LogP contribution in [0, 0.1) is 5.92 Å². The van der Waals surface area contributed by atoms with E-state index in [4.69, 9.17) is 10.8 Å². The van der Waals surface area contributed by atoms with E-state index < -0.39 is 5.91 Å². The maximum atomic E-state index is 11.3. The molecule has 1 aromatic rings. The van der Waals surface area contributed by atoms with Crippen LogP contribution < -0.4 is 5.73 Å². The third-order valence-corrected chi connectivity index (χ3v) is 2.81. The van der Waals surface area contributed by atoms with E-state index in [9.17, 15) is 4.79 Å². The summed E-state index contributed by atoms with van der Waals surface area (Å²) < 4.78 is 1.73. The number of carbonyl (C=O) groups excluding carboxylic acids is 1. The molecular formula is C12H22N4O2. The van der Waals surface area contributed by atoms with E-state index in [2.05, 4.69) is 24.2 Å². The lowest BCUT2D eigenvalue weighted by atomic mass is 10.1. The zero-order valence-electron chi connectivity index (χ0n) is 11.1. The highest BCUT2D eigenvalue weighted by Crippen LogP contribution is 2.12. The van der Waals surface area contributed by atoms with Crippen LogP contribution in [0.25, 0.3) is 0 Å². The number of carbonyl (C=O) groups is 1. The molecule has 0 spiro atoms. The molecule has 0 atom stereocenters. The van der Waals surface area contributed by atoms with Crippen molar-refractivity contribution in [2.75, 3.05) is 6.61 Å². The number of aryl methyl sites for hydroxylation is 1. The molecular weight excluding hydrogens is 232 g/mol. The van der Waals surface area contributed by atoms with Gasteiger partial charge in [0.1, 0.15) is 0 Å². The third-order valence-electron chi connectivity index (χ3n) is 2.81. The molecule has 1 amide bonds. The topological polar surface area (TPSA) is 94.0 Å². The molecule has 1 rings (SSSR count). The fraction of sp³-hybridized carbons (Fsp3) is 0.750. The van der Waals surface area contributed by atoms with Gasteiger partial charge in [-0.05, 0) is 31.6 Å². The molecule has 3 N–H and O–H groups in total. The highest BCUT2D eigenvalue weighted by Gasteiger charge is 2.17. The number of nitrogens with zero attached hydrogens (tertiary/aromatic N) is 3. The van der Waals surface area contributed by atoms with E-state index in [0.29, 0.717) is 12.5 Å². The molecule has 0 unspecified atom stereocenters. The lowest BCUT2D eigenvalue weighted by Gasteiger charge is -2.08. The molecule has 6 nitrogen and oxygen atoms in total. The fourth-order valence-electron chi connectivity index (χ4n) is 1.75. The number of nitrogens with two attached hydrogens (primary N) is 1. The van der Waals surface area contributed by atoms with Gasteiger partial charge in [0.15, 0.2) is 5.69 Å². The van der Waals surface area contributed by atoms with Crippen molar-refractivity contribution >= 4 is 5.91 Å². The van der Waals surface area contributed by atoms with Gasteiger partial charge in [-0.1, -0.05) is 19.1 Å². The van der Waals surface area contributed by atoms with Crippen molar-refractivity contribution in [3.63, 3.8) is 0 Å². The number of primary amides is 1. The van der Waals surface area contributed by atoms with E-state index in [0.717, 1.165) is 31.4 Å². The average Bonchev–Trinajstić information content (AvgIpc) is 2.70. The first-order chi connectivity index (χ1) is 8.56. The summed E-state index contributed by atoms with van der Waals surface area (Å²) in [6.45, 7) is 5.08. The van der Waals surface area contributed by atoms with E-state index in [1.165, 1.54) is 0 Å². The lowest BCUT2D eigenvalue weighted by Crippen LogP contribution is -2.16. The first-order valence-electron chi connectivity index (χ1n) is 6.39. The first kappa shape index (κ1) is 14.6. The van der Waals surface area contributed by atoms with Crippen molar-refractivity contribution in [3.8, 4) is 0 Å². The minimum atomic E-state index is -0.526. The molecule has 0 fully saturated rings. The maximum Gasteiger partial charge on any atom is 0.271 e. The van der Waals surface area contributed by atoms with Crippen LogP contribution in [0.15, 0.2) is 0 Å². The number of aliphatic hydroxyl groups is 1. The molecule has 6 heteroatoms. The van der Waals surface area contributed by atoms with Gasteiger partial charge in [0, 0.05) is 13.2 Å². The number of amides is 1. The van der Waals surface area contributed by atoms with E-state index >= 15 is 0 Å². The van der Waals surface area contributed by atoms with Crippen LogP contribution in [-0.4, -0.2) is 32.6 Å². The number of hydrogen-bond donors (Lipinski definition) is 2. The summed E-state index contributed by atoms with van der Waals surface area (Å²) in [7, 11) is 0. The van der Waals surface area contributed by atoms with Crippen molar-refractivity contribution in [1.29, 1.82) is 0 Å². The normalized spacial score (nSPS) is 11.1. The number of hydrogen-bond acceptors (Lipinski definition) is 4. The molecule has 1 heterocycles. The fourth-order valence-corrected chi connectivity index (χ4v) is 1.75. The van der Waals surface area contributed by atoms with Crippen molar-refractivity contribution in [2.24, 2.45) is 11.7 Å². The van der Waals surface area contributed by atoms with Crippen LogP contribution in [0.2, 0.25) is 0 Å². The Morgan fingerprint density at radius 2 is 2.17 bits per heavy atom. The van der Waals surface area contributed by atoms with Crippen molar-refractivity contribution < 1.29 is 9.90 Å². The Bertz CT molecular complexity index is 387. The van der Waals surface area contributed by atoms with Gasteiger partial charge >= 0.3 is 0 Å². The summed E-state index contributed by atoms with van der Waals surface area (Å²) in [5.74, 6) is 0.0219. The number of rotatable bonds is 8. The number of aromatic nitrogens is 3. The Morgan fingerprint density at radius 3 is 2.72 bits per heavy atom. The highest BCUT2D eigenvalue weighted by atomic mass is 16.2. The van der Waals surface area contributed by atoms with Crippen LogP contribution in [0.1, 0.15) is 49.3 Å². The predicted molar refractivity (Wildman–Crippen MR) is 68.0 cm³/mol. The van der Waals surface area contributed by atoms with Crippen LogP contribution >= 0.6 is 0 Å². The van der Waals surface area contributed by atoms with Gasteiger partial charge in [-0.2, -0.15) is 0 Å². The monoisotopic (exact) mass is 254 g/mol. The summed E-state index contributed by atoms with van der Waals surface area (Å²) in [4.78, 5) is 11.3. The largest absolute Gasteiger partial charge is 0.396 e. The summed E-state index contributed by atoms with van der Waals surface area (Å²) in [5, 5.41) is 16.6. The van der Waals surface area contributed by atoms with Gasteiger partial charge in [-0.25, -0.2) is 4.68 Å². The molecule has 102 valence electrons. The minimum Gasteiger partial charge on any atom is -0.396 e.